The van der Waals surface area contributed by atoms with E-state index < -0.39 is 12.3 Å². The molecule has 0 aliphatic heterocycles. The predicted molar refractivity (Wildman–Crippen MR) is 65.5 cm³/mol. The molecule has 2 nitrogen and oxygen atoms in total. The summed E-state index contributed by atoms with van der Waals surface area (Å²) < 4.78 is 41.3. The molecular weight excluding hydrogens is 245 g/mol. The first-order valence-electron chi connectivity index (χ1n) is 6.81. The average Bonchev–Trinajstić information content (AvgIpc) is 2.30. The standard InChI is InChI=1S/C13H25F3O2/c1-2-3-7-10-18-11-8-5-4-6-9-12(17)13(14,15)16/h12,17H,2-11H2,1H3. The monoisotopic (exact) mass is 270 g/mol. The summed E-state index contributed by atoms with van der Waals surface area (Å²) in [6.45, 7) is 3.60. The van der Waals surface area contributed by atoms with E-state index in [9.17, 15) is 13.2 Å². The third-order valence-electron chi connectivity index (χ3n) is 2.79. The number of hydrogen-bond donors (Lipinski definition) is 1. The van der Waals surface area contributed by atoms with E-state index >= 15 is 0 Å². The second-order valence-electron chi connectivity index (χ2n) is 4.58. The molecule has 5 heteroatoms. The molecule has 0 fully saturated rings. The highest BCUT2D eigenvalue weighted by atomic mass is 19.4. The number of ether oxygens (including phenoxy) is 1. The van der Waals surface area contributed by atoms with Gasteiger partial charge in [0.05, 0.1) is 0 Å². The van der Waals surface area contributed by atoms with Gasteiger partial charge < -0.3 is 9.84 Å². The Morgan fingerprint density at radius 2 is 1.50 bits per heavy atom. The molecule has 0 aromatic rings. The van der Waals surface area contributed by atoms with E-state index in [-0.39, 0.29) is 6.42 Å². The van der Waals surface area contributed by atoms with Crippen LogP contribution in [0.2, 0.25) is 0 Å². The number of aliphatic hydroxyl groups is 1. The third-order valence-corrected chi connectivity index (χ3v) is 2.79. The van der Waals surface area contributed by atoms with E-state index in [0.717, 1.165) is 25.9 Å². The van der Waals surface area contributed by atoms with Crippen molar-refractivity contribution in [2.45, 2.75) is 70.6 Å². The van der Waals surface area contributed by atoms with E-state index in [2.05, 4.69) is 6.92 Å². The van der Waals surface area contributed by atoms with E-state index in [1.54, 1.807) is 0 Å². The van der Waals surface area contributed by atoms with Crippen molar-refractivity contribution in [3.05, 3.63) is 0 Å². The van der Waals surface area contributed by atoms with Gasteiger partial charge in [-0.1, -0.05) is 39.0 Å². The van der Waals surface area contributed by atoms with Gasteiger partial charge in [0.25, 0.3) is 0 Å². The van der Waals surface area contributed by atoms with Crippen LogP contribution in [0.5, 0.6) is 0 Å². The van der Waals surface area contributed by atoms with Crippen LogP contribution in [0.4, 0.5) is 13.2 Å². The van der Waals surface area contributed by atoms with Gasteiger partial charge in [0, 0.05) is 13.2 Å². The molecule has 0 spiro atoms. The largest absolute Gasteiger partial charge is 0.414 e. The van der Waals surface area contributed by atoms with E-state index in [1.165, 1.54) is 12.8 Å². The fourth-order valence-electron chi connectivity index (χ4n) is 1.62. The second-order valence-corrected chi connectivity index (χ2v) is 4.58. The Kier molecular flexibility index (Phi) is 10.4. The Hall–Kier alpha value is -0.290. The van der Waals surface area contributed by atoms with Gasteiger partial charge in [-0.15, -0.1) is 0 Å². The molecule has 0 saturated carbocycles. The molecule has 0 aromatic carbocycles. The molecule has 0 rings (SSSR count). The summed E-state index contributed by atoms with van der Waals surface area (Å²) in [5.41, 5.74) is 0. The highest BCUT2D eigenvalue weighted by Crippen LogP contribution is 2.23. The van der Waals surface area contributed by atoms with Crippen LogP contribution in [-0.2, 0) is 4.74 Å². The molecule has 1 N–H and O–H groups in total. The van der Waals surface area contributed by atoms with Gasteiger partial charge in [-0.3, -0.25) is 0 Å². The van der Waals surface area contributed by atoms with E-state index in [1.807, 2.05) is 0 Å². The quantitative estimate of drug-likeness (QED) is 0.573. The molecule has 0 saturated heterocycles. The average molecular weight is 270 g/mol. The molecule has 0 heterocycles. The van der Waals surface area contributed by atoms with Crippen molar-refractivity contribution >= 4 is 0 Å². The highest BCUT2D eigenvalue weighted by Gasteiger charge is 2.37. The minimum absolute atomic E-state index is 0.194. The molecule has 1 unspecified atom stereocenters. The lowest BCUT2D eigenvalue weighted by molar-refractivity contribution is -0.205. The highest BCUT2D eigenvalue weighted by molar-refractivity contribution is 4.64. The minimum atomic E-state index is -4.47. The van der Waals surface area contributed by atoms with Crippen molar-refractivity contribution in [3.8, 4) is 0 Å². The van der Waals surface area contributed by atoms with Crippen molar-refractivity contribution < 1.29 is 23.0 Å². The van der Waals surface area contributed by atoms with E-state index in [4.69, 9.17) is 9.84 Å². The maximum absolute atomic E-state index is 12.0. The van der Waals surface area contributed by atoms with Crippen molar-refractivity contribution in [1.29, 1.82) is 0 Å². The zero-order valence-corrected chi connectivity index (χ0v) is 11.1. The van der Waals surface area contributed by atoms with Crippen molar-refractivity contribution in [2.24, 2.45) is 0 Å². The molecule has 0 amide bonds. The lowest BCUT2D eigenvalue weighted by Crippen LogP contribution is -2.28. The van der Waals surface area contributed by atoms with Gasteiger partial charge in [-0.05, 0) is 19.3 Å². The smallest absolute Gasteiger partial charge is 0.384 e. The fourth-order valence-corrected chi connectivity index (χ4v) is 1.62. The first-order valence-corrected chi connectivity index (χ1v) is 6.81. The molecule has 0 aliphatic carbocycles. The van der Waals surface area contributed by atoms with Crippen molar-refractivity contribution in [1.82, 2.24) is 0 Å². The number of hydrogen-bond acceptors (Lipinski definition) is 2. The number of aliphatic hydroxyl groups excluding tert-OH is 1. The first kappa shape index (κ1) is 17.7. The number of unbranched alkanes of at least 4 members (excludes halogenated alkanes) is 5. The van der Waals surface area contributed by atoms with Crippen molar-refractivity contribution in [2.75, 3.05) is 13.2 Å². The van der Waals surface area contributed by atoms with Crippen LogP contribution in [-0.4, -0.2) is 30.6 Å². The summed E-state index contributed by atoms with van der Waals surface area (Å²) in [4.78, 5) is 0. The number of halogens is 3. The predicted octanol–water partition coefficient (Wildman–Crippen LogP) is 4.07. The maximum atomic E-state index is 12.0. The van der Waals surface area contributed by atoms with Gasteiger partial charge in [-0.2, -0.15) is 13.2 Å². The van der Waals surface area contributed by atoms with E-state index in [0.29, 0.717) is 19.4 Å². The Labute approximate surface area is 108 Å². The van der Waals surface area contributed by atoms with Gasteiger partial charge in [0.15, 0.2) is 0 Å². The molecule has 0 aromatic heterocycles. The zero-order valence-electron chi connectivity index (χ0n) is 11.1. The van der Waals surface area contributed by atoms with Gasteiger partial charge in [0.1, 0.15) is 6.10 Å². The van der Waals surface area contributed by atoms with Gasteiger partial charge in [0.2, 0.25) is 0 Å². The minimum Gasteiger partial charge on any atom is -0.384 e. The molecule has 0 bridgehead atoms. The topological polar surface area (TPSA) is 29.5 Å². The zero-order chi connectivity index (χ0) is 13.9. The van der Waals surface area contributed by atoms with Gasteiger partial charge in [-0.25, -0.2) is 0 Å². The Bertz CT molecular complexity index is 184. The van der Waals surface area contributed by atoms with Crippen LogP contribution >= 0.6 is 0 Å². The fraction of sp³-hybridized carbons (Fsp3) is 1.00. The summed E-state index contributed by atoms with van der Waals surface area (Å²) in [5.74, 6) is 0. The maximum Gasteiger partial charge on any atom is 0.414 e. The lowest BCUT2D eigenvalue weighted by Gasteiger charge is -2.13. The van der Waals surface area contributed by atoms with Crippen LogP contribution in [0.1, 0.15) is 58.3 Å². The normalized spacial score (nSPS) is 13.8. The van der Waals surface area contributed by atoms with Crippen LogP contribution in [0.25, 0.3) is 0 Å². The Morgan fingerprint density at radius 1 is 0.944 bits per heavy atom. The second kappa shape index (κ2) is 10.6. The van der Waals surface area contributed by atoms with Crippen LogP contribution in [0.15, 0.2) is 0 Å². The SMILES string of the molecule is CCCCCOCCCCCCC(O)C(F)(F)F. The van der Waals surface area contributed by atoms with Crippen molar-refractivity contribution in [3.63, 3.8) is 0 Å². The summed E-state index contributed by atoms with van der Waals surface area (Å²) in [6.07, 6.45) is -0.533. The van der Waals surface area contributed by atoms with Crippen LogP contribution in [0, 0.1) is 0 Å². The third kappa shape index (κ3) is 10.8. The Morgan fingerprint density at radius 3 is 2.06 bits per heavy atom. The number of alkyl halides is 3. The molecule has 18 heavy (non-hydrogen) atoms. The van der Waals surface area contributed by atoms with Crippen LogP contribution in [0.3, 0.4) is 0 Å². The number of rotatable bonds is 11. The molecule has 110 valence electrons. The summed E-state index contributed by atoms with van der Waals surface area (Å²) in [5, 5.41) is 8.76. The molecular formula is C13H25F3O2. The lowest BCUT2D eigenvalue weighted by atomic mass is 10.1. The molecule has 0 radical (unpaired) electrons. The Balaban J connectivity index is 3.17. The van der Waals surface area contributed by atoms with Crippen LogP contribution < -0.4 is 0 Å². The molecule has 1 atom stereocenters. The molecule has 0 aliphatic rings. The first-order chi connectivity index (χ1) is 8.48. The summed E-state index contributed by atoms with van der Waals surface area (Å²) in [6, 6.07) is 0. The summed E-state index contributed by atoms with van der Waals surface area (Å²) in [7, 11) is 0. The van der Waals surface area contributed by atoms with Gasteiger partial charge >= 0.3 is 6.18 Å². The summed E-state index contributed by atoms with van der Waals surface area (Å²) >= 11 is 0.